The molecule has 1 unspecified atom stereocenters. The molecular weight excluding hydrogens is 464 g/mol. The number of carboxylic acid groups (broad SMARTS) is 1. The van der Waals surface area contributed by atoms with Crippen molar-refractivity contribution < 1.29 is 32.3 Å². The van der Waals surface area contributed by atoms with Gasteiger partial charge in [-0.2, -0.15) is 13.2 Å². The maximum absolute atomic E-state index is 14.4. The van der Waals surface area contributed by atoms with Crippen molar-refractivity contribution in [2.45, 2.75) is 31.1 Å². The Morgan fingerprint density at radius 2 is 1.71 bits per heavy atom. The van der Waals surface area contributed by atoms with E-state index in [2.05, 4.69) is 5.32 Å². The second-order valence-corrected chi connectivity index (χ2v) is 8.30. The molecule has 0 bridgehead atoms. The molecule has 3 aromatic carbocycles. The third-order valence-corrected chi connectivity index (χ3v) is 6.05. The summed E-state index contributed by atoms with van der Waals surface area (Å²) in [5.74, 6) is -2.15. The van der Waals surface area contributed by atoms with Crippen LogP contribution in [0.25, 0.3) is 0 Å². The Kier molecular flexibility index (Phi) is 6.77. The minimum absolute atomic E-state index is 0.0365. The lowest BCUT2D eigenvalue weighted by atomic mass is 9.99. The van der Waals surface area contributed by atoms with E-state index in [4.69, 9.17) is 0 Å². The van der Waals surface area contributed by atoms with E-state index in [-0.39, 0.29) is 16.8 Å². The van der Waals surface area contributed by atoms with Crippen molar-refractivity contribution in [2.75, 3.05) is 11.9 Å². The van der Waals surface area contributed by atoms with Gasteiger partial charge in [-0.15, -0.1) is 0 Å². The average molecular weight is 486 g/mol. The number of halogens is 4. The van der Waals surface area contributed by atoms with Gasteiger partial charge in [-0.25, -0.2) is 9.18 Å². The Morgan fingerprint density at radius 3 is 2.37 bits per heavy atom. The SMILES string of the molecule is O=C(O)c1cccc([C@@H]2CCCN2C(=O)C(Nc2ccccc2F)c2ccc(C(F)(F)F)cc2)c1. The maximum atomic E-state index is 14.4. The zero-order valence-corrected chi connectivity index (χ0v) is 18.4. The van der Waals surface area contributed by atoms with Crippen LogP contribution in [0.1, 0.15) is 52.0 Å². The number of hydrogen-bond acceptors (Lipinski definition) is 3. The predicted octanol–water partition coefficient (Wildman–Crippen LogP) is 6.06. The number of anilines is 1. The number of nitrogens with zero attached hydrogens (tertiary/aromatic N) is 1. The van der Waals surface area contributed by atoms with Gasteiger partial charge in [0.15, 0.2) is 0 Å². The molecule has 0 radical (unpaired) electrons. The van der Waals surface area contributed by atoms with Crippen LogP contribution in [-0.2, 0) is 11.0 Å². The van der Waals surface area contributed by atoms with Gasteiger partial charge in [-0.3, -0.25) is 4.79 Å². The first-order valence-corrected chi connectivity index (χ1v) is 11.0. The molecule has 0 aromatic heterocycles. The lowest BCUT2D eigenvalue weighted by molar-refractivity contribution is -0.137. The van der Waals surface area contributed by atoms with E-state index in [0.29, 0.717) is 24.9 Å². The number of hydrogen-bond donors (Lipinski definition) is 2. The van der Waals surface area contributed by atoms with Gasteiger partial charge >= 0.3 is 12.1 Å². The van der Waals surface area contributed by atoms with E-state index in [1.54, 1.807) is 23.1 Å². The summed E-state index contributed by atoms with van der Waals surface area (Å²) in [6.07, 6.45) is -3.28. The second-order valence-electron chi connectivity index (χ2n) is 8.30. The largest absolute Gasteiger partial charge is 0.478 e. The van der Waals surface area contributed by atoms with Gasteiger partial charge < -0.3 is 15.3 Å². The number of alkyl halides is 3. The van der Waals surface area contributed by atoms with Crippen molar-refractivity contribution in [1.29, 1.82) is 0 Å². The standard InChI is InChI=1S/C26H22F4N2O3/c27-20-7-1-2-8-21(20)31-23(16-10-12-19(13-11-16)26(28,29)30)24(33)32-14-4-9-22(32)17-5-3-6-18(15-17)25(34)35/h1-3,5-8,10-13,15,22-23,31H,4,9,14H2,(H,34,35)/t22-,23?/m0/s1. The molecule has 1 saturated heterocycles. The minimum atomic E-state index is -4.54. The van der Waals surface area contributed by atoms with E-state index in [9.17, 15) is 32.3 Å². The fourth-order valence-electron chi connectivity index (χ4n) is 4.31. The molecule has 1 aliphatic rings. The molecule has 1 heterocycles. The van der Waals surface area contributed by atoms with Crippen LogP contribution < -0.4 is 5.32 Å². The fraction of sp³-hybridized carbons (Fsp3) is 0.231. The summed E-state index contributed by atoms with van der Waals surface area (Å²) in [4.78, 5) is 26.7. The Morgan fingerprint density at radius 1 is 1.00 bits per heavy atom. The molecular formula is C26H22F4N2O3. The Bertz CT molecular complexity index is 1230. The van der Waals surface area contributed by atoms with Crippen LogP contribution in [-0.4, -0.2) is 28.4 Å². The van der Waals surface area contributed by atoms with Gasteiger partial charge in [-0.05, 0) is 60.4 Å². The first-order chi connectivity index (χ1) is 16.6. The average Bonchev–Trinajstić information content (AvgIpc) is 3.33. The molecule has 182 valence electrons. The van der Waals surface area contributed by atoms with E-state index < -0.39 is 41.5 Å². The maximum Gasteiger partial charge on any atom is 0.416 e. The molecule has 0 aliphatic carbocycles. The number of nitrogens with one attached hydrogen (secondary N) is 1. The fourth-order valence-corrected chi connectivity index (χ4v) is 4.31. The molecule has 1 amide bonds. The zero-order chi connectivity index (χ0) is 25.2. The highest BCUT2D eigenvalue weighted by molar-refractivity contribution is 5.88. The quantitative estimate of drug-likeness (QED) is 0.416. The van der Waals surface area contributed by atoms with Gasteiger partial charge in [-0.1, -0.05) is 36.4 Å². The highest BCUT2D eigenvalue weighted by Gasteiger charge is 2.36. The number of carbonyl (C=O) groups excluding carboxylic acids is 1. The summed E-state index contributed by atoms with van der Waals surface area (Å²) in [5.41, 5.74) is 0.159. The molecule has 0 spiro atoms. The van der Waals surface area contributed by atoms with Crippen LogP contribution in [0.5, 0.6) is 0 Å². The highest BCUT2D eigenvalue weighted by Crippen LogP contribution is 2.36. The first-order valence-electron chi connectivity index (χ1n) is 11.0. The third-order valence-electron chi connectivity index (χ3n) is 6.05. The lowest BCUT2D eigenvalue weighted by Crippen LogP contribution is -2.38. The van der Waals surface area contributed by atoms with Gasteiger partial charge in [0.2, 0.25) is 5.91 Å². The molecule has 4 rings (SSSR count). The summed E-state index contributed by atoms with van der Waals surface area (Å²) in [5, 5.41) is 12.2. The van der Waals surface area contributed by atoms with E-state index in [1.807, 2.05) is 0 Å². The first kappa shape index (κ1) is 24.3. The van der Waals surface area contributed by atoms with Crippen molar-refractivity contribution >= 4 is 17.6 Å². The van der Waals surface area contributed by atoms with Crippen LogP contribution in [0.15, 0.2) is 72.8 Å². The Hall–Kier alpha value is -3.88. The summed E-state index contributed by atoms with van der Waals surface area (Å²) >= 11 is 0. The summed E-state index contributed by atoms with van der Waals surface area (Å²) in [6.45, 7) is 0.372. The van der Waals surface area contributed by atoms with Crippen LogP contribution in [0.3, 0.4) is 0 Å². The molecule has 35 heavy (non-hydrogen) atoms. The number of rotatable bonds is 6. The molecule has 1 aliphatic heterocycles. The zero-order valence-electron chi connectivity index (χ0n) is 18.4. The molecule has 5 nitrogen and oxygen atoms in total. The molecule has 2 N–H and O–H groups in total. The predicted molar refractivity (Wildman–Crippen MR) is 121 cm³/mol. The normalized spacial score (nSPS) is 16.7. The van der Waals surface area contributed by atoms with Gasteiger partial charge in [0.1, 0.15) is 11.9 Å². The smallest absolute Gasteiger partial charge is 0.416 e. The van der Waals surface area contributed by atoms with Crippen molar-refractivity contribution in [3.63, 3.8) is 0 Å². The number of carbonyl (C=O) groups is 2. The second kappa shape index (κ2) is 9.77. The van der Waals surface area contributed by atoms with E-state index in [0.717, 1.165) is 12.1 Å². The molecule has 1 fully saturated rings. The lowest BCUT2D eigenvalue weighted by Gasteiger charge is -2.30. The van der Waals surface area contributed by atoms with Crippen molar-refractivity contribution in [3.05, 3.63) is 101 Å². The summed E-state index contributed by atoms with van der Waals surface area (Å²) in [7, 11) is 0. The van der Waals surface area contributed by atoms with E-state index in [1.165, 1.54) is 42.5 Å². The van der Waals surface area contributed by atoms with Crippen molar-refractivity contribution in [1.82, 2.24) is 4.90 Å². The Balaban J connectivity index is 1.69. The number of aromatic carboxylic acids is 1. The Labute approximate surface area is 199 Å². The van der Waals surface area contributed by atoms with Gasteiger partial charge in [0.05, 0.1) is 22.9 Å². The minimum Gasteiger partial charge on any atom is -0.478 e. The topological polar surface area (TPSA) is 69.6 Å². The number of para-hydroxylation sites is 1. The van der Waals surface area contributed by atoms with Crippen LogP contribution in [0.4, 0.5) is 23.2 Å². The number of likely N-dealkylation sites (tertiary alicyclic amines) is 1. The molecule has 3 aromatic rings. The van der Waals surface area contributed by atoms with Crippen LogP contribution >= 0.6 is 0 Å². The van der Waals surface area contributed by atoms with Gasteiger partial charge in [0.25, 0.3) is 0 Å². The van der Waals surface area contributed by atoms with Crippen molar-refractivity contribution in [3.8, 4) is 0 Å². The van der Waals surface area contributed by atoms with Gasteiger partial charge in [0, 0.05) is 6.54 Å². The van der Waals surface area contributed by atoms with E-state index >= 15 is 0 Å². The summed E-state index contributed by atoms with van der Waals surface area (Å²) in [6, 6.07) is 14.6. The molecule has 0 saturated carbocycles. The number of carboxylic acids is 1. The molecule has 2 atom stereocenters. The monoisotopic (exact) mass is 486 g/mol. The van der Waals surface area contributed by atoms with Crippen LogP contribution in [0, 0.1) is 5.82 Å². The van der Waals surface area contributed by atoms with Crippen molar-refractivity contribution in [2.24, 2.45) is 0 Å². The third kappa shape index (κ3) is 5.29. The summed E-state index contributed by atoms with van der Waals surface area (Å²) < 4.78 is 53.6. The molecule has 9 heteroatoms. The number of benzene rings is 3. The van der Waals surface area contributed by atoms with Crippen LogP contribution in [0.2, 0.25) is 0 Å². The highest BCUT2D eigenvalue weighted by atomic mass is 19.4. The number of amides is 1.